The van der Waals surface area contributed by atoms with E-state index in [-0.39, 0.29) is 37.6 Å². The van der Waals surface area contributed by atoms with Crippen LogP contribution in [0.2, 0.25) is 0 Å². The Morgan fingerprint density at radius 2 is 1.27 bits per heavy atom. The van der Waals surface area contributed by atoms with Crippen molar-refractivity contribution in [1.29, 1.82) is 0 Å². The van der Waals surface area contributed by atoms with Crippen LogP contribution in [0.1, 0.15) is 72.8 Å². The number of primary amides is 1. The van der Waals surface area contributed by atoms with Crippen LogP contribution in [0, 0.1) is 17.8 Å². The number of carbonyl (C=O) groups is 7. The van der Waals surface area contributed by atoms with Crippen molar-refractivity contribution < 1.29 is 38.7 Å². The van der Waals surface area contributed by atoms with E-state index in [1.54, 1.807) is 20.0 Å². The molecule has 0 saturated carbocycles. The van der Waals surface area contributed by atoms with Crippen LogP contribution in [0.5, 0.6) is 0 Å². The minimum absolute atomic E-state index is 0.0646. The van der Waals surface area contributed by atoms with E-state index in [9.17, 15) is 38.7 Å². The molecule has 16 nitrogen and oxygen atoms in total. The van der Waals surface area contributed by atoms with Crippen LogP contribution in [0.25, 0.3) is 10.9 Å². The number of carboxylic acids is 1. The number of hydrogen-bond donors (Lipinski definition) is 9. The van der Waals surface area contributed by atoms with Gasteiger partial charge in [-0.15, -0.1) is 0 Å². The number of fused-ring (bicyclic) bond motifs is 1. The Bertz CT molecular complexity index is 1540. The Morgan fingerprint density at radius 3 is 1.78 bits per heavy atom. The summed E-state index contributed by atoms with van der Waals surface area (Å²) in [4.78, 5) is 93.0. The Balaban J connectivity index is 2.32. The van der Waals surface area contributed by atoms with Crippen LogP contribution >= 0.6 is 0 Å². The second-order valence-corrected chi connectivity index (χ2v) is 13.7. The number of carboxylic acid groups (broad SMARTS) is 1. The summed E-state index contributed by atoms with van der Waals surface area (Å²) in [6.07, 6.45) is 2.01. The van der Waals surface area contributed by atoms with Gasteiger partial charge in [-0.1, -0.05) is 66.2 Å². The molecule has 6 atom stereocenters. The fraction of sp³-hybridized carbons (Fsp3) is 0.571. The number of rotatable bonds is 21. The lowest BCUT2D eigenvalue weighted by Gasteiger charge is -2.29. The number of H-pyrrole nitrogens is 1. The highest BCUT2D eigenvalue weighted by Crippen LogP contribution is 2.20. The van der Waals surface area contributed by atoms with E-state index in [0.717, 1.165) is 16.5 Å². The standard InChI is InChI=1S/C35H54N8O8/c1-7-20(6)30(34(49)42-27(35(50)51)15-28(37)44)43-33(48)25(13-19(4)5)41-31(46)24(12-18(2)3)40-32(47)26(39-29(45)16-36)14-21-17-38-23-11-9-8-10-22(21)23/h8-11,17-20,24-27,30,38H,7,12-16,36H2,1-6H3,(H2,37,44)(H,39,45)(H,40,47)(H,41,46)(H,42,49)(H,43,48)(H,50,51)/t20-,24+,25-,26-,27-,30-/m0/s1. The second-order valence-electron chi connectivity index (χ2n) is 13.7. The van der Waals surface area contributed by atoms with Gasteiger partial charge in [-0.25, -0.2) is 4.79 Å². The van der Waals surface area contributed by atoms with Crippen LogP contribution in [0.15, 0.2) is 30.5 Å². The van der Waals surface area contributed by atoms with Gasteiger partial charge < -0.3 is 48.1 Å². The van der Waals surface area contributed by atoms with Crippen LogP contribution < -0.4 is 38.1 Å². The first-order chi connectivity index (χ1) is 24.0. The summed E-state index contributed by atoms with van der Waals surface area (Å²) in [5.74, 6) is -6.36. The zero-order chi connectivity index (χ0) is 38.4. The average Bonchev–Trinajstić information content (AvgIpc) is 3.47. The van der Waals surface area contributed by atoms with Gasteiger partial charge in [0.15, 0.2) is 0 Å². The molecule has 1 heterocycles. The van der Waals surface area contributed by atoms with Crippen molar-refractivity contribution in [2.75, 3.05) is 6.54 Å². The molecule has 6 amide bonds. The zero-order valence-electron chi connectivity index (χ0n) is 30.2. The number of carbonyl (C=O) groups excluding carboxylic acids is 6. The van der Waals surface area contributed by atoms with Crippen molar-refractivity contribution in [2.45, 2.75) is 104 Å². The number of para-hydroxylation sites is 1. The monoisotopic (exact) mass is 714 g/mol. The van der Waals surface area contributed by atoms with Gasteiger partial charge in [-0.3, -0.25) is 28.8 Å². The fourth-order valence-corrected chi connectivity index (χ4v) is 5.55. The molecule has 2 rings (SSSR count). The molecular formula is C35H54N8O8. The van der Waals surface area contributed by atoms with E-state index >= 15 is 0 Å². The number of amides is 6. The summed E-state index contributed by atoms with van der Waals surface area (Å²) < 4.78 is 0. The molecule has 0 spiro atoms. The fourth-order valence-electron chi connectivity index (χ4n) is 5.55. The zero-order valence-corrected chi connectivity index (χ0v) is 30.2. The molecule has 16 heteroatoms. The highest BCUT2D eigenvalue weighted by atomic mass is 16.4. The molecule has 0 fully saturated rings. The largest absolute Gasteiger partial charge is 0.480 e. The Morgan fingerprint density at radius 1 is 0.745 bits per heavy atom. The first-order valence-electron chi connectivity index (χ1n) is 17.2. The molecule has 0 aliphatic heterocycles. The van der Waals surface area contributed by atoms with Gasteiger partial charge in [0.1, 0.15) is 30.2 Å². The maximum atomic E-state index is 13.8. The Kier molecular flexibility index (Phi) is 16.5. The van der Waals surface area contributed by atoms with Gasteiger partial charge in [0, 0.05) is 23.5 Å². The van der Waals surface area contributed by atoms with Crippen molar-refractivity contribution in [1.82, 2.24) is 31.6 Å². The molecule has 51 heavy (non-hydrogen) atoms. The number of aromatic amines is 1. The minimum atomic E-state index is -1.60. The molecule has 0 aliphatic rings. The number of aliphatic carboxylic acids is 1. The van der Waals surface area contributed by atoms with Crippen molar-refractivity contribution in [3.8, 4) is 0 Å². The van der Waals surface area contributed by atoms with Crippen LogP contribution in [0.4, 0.5) is 0 Å². The molecule has 1 aromatic heterocycles. The molecule has 0 radical (unpaired) electrons. The quantitative estimate of drug-likeness (QED) is 0.0853. The van der Waals surface area contributed by atoms with Crippen molar-refractivity contribution in [3.05, 3.63) is 36.0 Å². The number of benzene rings is 1. The summed E-state index contributed by atoms with van der Waals surface area (Å²) in [5.41, 5.74) is 12.3. The lowest BCUT2D eigenvalue weighted by molar-refractivity contribution is -0.144. The second kappa shape index (κ2) is 20.0. The van der Waals surface area contributed by atoms with Crippen LogP contribution in [-0.4, -0.2) is 88.3 Å². The third kappa shape index (κ3) is 13.3. The molecule has 282 valence electrons. The van der Waals surface area contributed by atoms with Crippen molar-refractivity contribution >= 4 is 52.3 Å². The summed E-state index contributed by atoms with van der Waals surface area (Å²) in [7, 11) is 0. The van der Waals surface area contributed by atoms with Crippen LogP contribution in [0.3, 0.4) is 0 Å². The van der Waals surface area contributed by atoms with Gasteiger partial charge >= 0.3 is 5.97 Å². The minimum Gasteiger partial charge on any atom is -0.480 e. The van der Waals surface area contributed by atoms with E-state index < -0.39 is 84.0 Å². The van der Waals surface area contributed by atoms with Crippen LogP contribution in [-0.2, 0) is 40.0 Å². The Hall–Kier alpha value is -4.99. The van der Waals surface area contributed by atoms with E-state index in [1.165, 1.54) is 0 Å². The number of aromatic nitrogens is 1. The van der Waals surface area contributed by atoms with Gasteiger partial charge in [0.05, 0.1) is 13.0 Å². The third-order valence-corrected chi connectivity index (χ3v) is 8.43. The predicted octanol–water partition coefficient (Wildman–Crippen LogP) is 0.191. The molecule has 0 saturated heterocycles. The number of hydrogen-bond acceptors (Lipinski definition) is 8. The van der Waals surface area contributed by atoms with E-state index in [2.05, 4.69) is 31.6 Å². The molecule has 1 aromatic carbocycles. The summed E-state index contributed by atoms with van der Waals surface area (Å²) in [6, 6.07) is 1.38. The van der Waals surface area contributed by atoms with Crippen molar-refractivity contribution in [2.24, 2.45) is 29.2 Å². The van der Waals surface area contributed by atoms with E-state index in [1.807, 2.05) is 52.0 Å². The van der Waals surface area contributed by atoms with Gasteiger partial charge in [-0.2, -0.15) is 0 Å². The SMILES string of the molecule is CC[C@H](C)[C@H](NC(=O)[C@H](CC(C)C)NC(=O)[C@@H](CC(C)C)NC(=O)[C@H](Cc1c[nH]c2ccccc12)NC(=O)CN)C(=O)N[C@@H](CC(N)=O)C(=O)O. The molecule has 0 aliphatic carbocycles. The molecular weight excluding hydrogens is 660 g/mol. The van der Waals surface area contributed by atoms with Gasteiger partial charge in [-0.05, 0) is 42.2 Å². The Labute approximate surface area is 298 Å². The number of nitrogens with two attached hydrogens (primary N) is 2. The molecule has 2 aromatic rings. The maximum absolute atomic E-state index is 13.8. The summed E-state index contributed by atoms with van der Waals surface area (Å²) in [6.45, 7) is 10.5. The highest BCUT2D eigenvalue weighted by Gasteiger charge is 2.35. The van der Waals surface area contributed by atoms with Gasteiger partial charge in [0.2, 0.25) is 35.4 Å². The highest BCUT2D eigenvalue weighted by molar-refractivity contribution is 5.97. The molecule has 0 bridgehead atoms. The lowest BCUT2D eigenvalue weighted by Crippen LogP contribution is -2.60. The molecule has 0 unspecified atom stereocenters. The van der Waals surface area contributed by atoms with E-state index in [4.69, 9.17) is 11.5 Å². The normalized spacial score (nSPS) is 14.8. The average molecular weight is 715 g/mol. The first kappa shape index (κ1) is 42.2. The summed E-state index contributed by atoms with van der Waals surface area (Å²) in [5, 5.41) is 23.4. The smallest absolute Gasteiger partial charge is 0.326 e. The molecule has 11 N–H and O–H groups in total. The number of nitrogens with one attached hydrogen (secondary N) is 6. The first-order valence-corrected chi connectivity index (χ1v) is 17.2. The van der Waals surface area contributed by atoms with Crippen molar-refractivity contribution in [3.63, 3.8) is 0 Å². The predicted molar refractivity (Wildman–Crippen MR) is 191 cm³/mol. The van der Waals surface area contributed by atoms with Gasteiger partial charge in [0.25, 0.3) is 0 Å². The maximum Gasteiger partial charge on any atom is 0.326 e. The third-order valence-electron chi connectivity index (χ3n) is 8.43. The van der Waals surface area contributed by atoms with E-state index in [0.29, 0.717) is 6.42 Å². The summed E-state index contributed by atoms with van der Waals surface area (Å²) >= 11 is 0. The topological polar surface area (TPSA) is 268 Å². The lowest BCUT2D eigenvalue weighted by atomic mass is 9.96.